The van der Waals surface area contributed by atoms with Crippen molar-refractivity contribution in [1.82, 2.24) is 0 Å². The van der Waals surface area contributed by atoms with Crippen molar-refractivity contribution in [3.8, 4) is 0 Å². The summed E-state index contributed by atoms with van der Waals surface area (Å²) in [6.45, 7) is 0.815. The quantitative estimate of drug-likeness (QED) is 0.728. The second kappa shape index (κ2) is 4.06. The molecule has 0 unspecified atom stereocenters. The summed E-state index contributed by atoms with van der Waals surface area (Å²) < 4.78 is 1.01. The smallest absolute Gasteiger partial charge is 0.227 e. The largest absolute Gasteiger partial charge is 0.312 e. The van der Waals surface area contributed by atoms with Crippen LogP contribution in [0.5, 0.6) is 0 Å². The zero-order chi connectivity index (χ0) is 10.1. The predicted molar refractivity (Wildman–Crippen MR) is 65.8 cm³/mol. The van der Waals surface area contributed by atoms with Crippen LogP contribution in [0.1, 0.15) is 12.8 Å². The van der Waals surface area contributed by atoms with Crippen LogP contribution in [-0.2, 0) is 4.79 Å². The number of hydrogen-bond donors (Lipinski definition) is 0. The normalized spacial score (nSPS) is 16.4. The van der Waals surface area contributed by atoms with Gasteiger partial charge in [-0.05, 0) is 47.2 Å². The molecule has 0 saturated carbocycles. The molecule has 0 atom stereocenters. The molecule has 2 nitrogen and oxygen atoms in total. The van der Waals surface area contributed by atoms with Crippen molar-refractivity contribution in [2.45, 2.75) is 12.8 Å². The van der Waals surface area contributed by atoms with Gasteiger partial charge in [-0.1, -0.05) is 11.6 Å². The highest BCUT2D eigenvalue weighted by molar-refractivity contribution is 14.1. The molecule has 1 amide bonds. The summed E-state index contributed by atoms with van der Waals surface area (Å²) in [6.07, 6.45) is 1.60. The summed E-state index contributed by atoms with van der Waals surface area (Å²) in [4.78, 5) is 13.2. The fourth-order valence-corrected chi connectivity index (χ4v) is 2.08. The number of nitrogens with zero attached hydrogens (tertiary/aromatic N) is 1. The summed E-state index contributed by atoms with van der Waals surface area (Å²) in [5.41, 5.74) is 0.915. The minimum absolute atomic E-state index is 0.197. The van der Waals surface area contributed by atoms with Crippen molar-refractivity contribution in [1.29, 1.82) is 0 Å². The van der Waals surface area contributed by atoms with Gasteiger partial charge in [-0.25, -0.2) is 0 Å². The SMILES string of the molecule is O=C1CCCN1c1ccc(I)c(Cl)c1. The van der Waals surface area contributed by atoms with Gasteiger partial charge in [-0.2, -0.15) is 0 Å². The highest BCUT2D eigenvalue weighted by Crippen LogP contribution is 2.27. The average molecular weight is 322 g/mol. The molecular weight excluding hydrogens is 312 g/mol. The Labute approximate surface area is 101 Å². The number of halogens is 2. The molecule has 1 aromatic carbocycles. The van der Waals surface area contributed by atoms with Crippen LogP contribution in [0.4, 0.5) is 5.69 Å². The van der Waals surface area contributed by atoms with E-state index in [0.717, 1.165) is 22.2 Å². The summed E-state index contributed by atoms with van der Waals surface area (Å²) in [6, 6.07) is 5.73. The molecule has 1 heterocycles. The van der Waals surface area contributed by atoms with Crippen LogP contribution in [0.3, 0.4) is 0 Å². The average Bonchev–Trinajstić information content (AvgIpc) is 2.57. The predicted octanol–water partition coefficient (Wildman–Crippen LogP) is 3.07. The molecule has 0 spiro atoms. The summed E-state index contributed by atoms with van der Waals surface area (Å²) in [5.74, 6) is 0.197. The molecule has 0 aromatic heterocycles. The standard InChI is InChI=1S/C10H9ClINO/c11-8-6-7(3-4-9(8)12)13-5-1-2-10(13)14/h3-4,6H,1-2,5H2. The third-order valence-corrected chi connectivity index (χ3v) is 3.86. The van der Waals surface area contributed by atoms with Gasteiger partial charge in [0.1, 0.15) is 0 Å². The number of carbonyl (C=O) groups is 1. The van der Waals surface area contributed by atoms with E-state index in [1.54, 1.807) is 4.90 Å². The van der Waals surface area contributed by atoms with Crippen LogP contribution in [-0.4, -0.2) is 12.5 Å². The molecule has 0 bridgehead atoms. The first-order valence-corrected chi connectivity index (χ1v) is 5.89. The molecule has 74 valence electrons. The third-order valence-electron chi connectivity index (χ3n) is 2.29. The monoisotopic (exact) mass is 321 g/mol. The lowest BCUT2D eigenvalue weighted by molar-refractivity contribution is -0.117. The van der Waals surface area contributed by atoms with Gasteiger partial charge in [0.2, 0.25) is 5.91 Å². The van der Waals surface area contributed by atoms with Crippen LogP contribution >= 0.6 is 34.2 Å². The number of hydrogen-bond acceptors (Lipinski definition) is 1. The molecule has 0 radical (unpaired) electrons. The second-order valence-electron chi connectivity index (χ2n) is 3.25. The molecule has 1 aliphatic rings. The lowest BCUT2D eigenvalue weighted by Crippen LogP contribution is -2.23. The van der Waals surface area contributed by atoms with Gasteiger partial charge in [-0.3, -0.25) is 4.79 Å². The Bertz CT molecular complexity index is 380. The van der Waals surface area contributed by atoms with Gasteiger partial charge >= 0.3 is 0 Å². The Kier molecular flexibility index (Phi) is 2.97. The van der Waals surface area contributed by atoms with Crippen molar-refractivity contribution in [2.24, 2.45) is 0 Å². The van der Waals surface area contributed by atoms with Crippen LogP contribution in [0.25, 0.3) is 0 Å². The number of anilines is 1. The first-order chi connectivity index (χ1) is 6.68. The van der Waals surface area contributed by atoms with Crippen molar-refractivity contribution >= 4 is 45.8 Å². The van der Waals surface area contributed by atoms with E-state index >= 15 is 0 Å². The molecule has 0 N–H and O–H groups in total. The highest BCUT2D eigenvalue weighted by atomic mass is 127. The fourth-order valence-electron chi connectivity index (χ4n) is 1.57. The zero-order valence-corrected chi connectivity index (χ0v) is 10.4. The van der Waals surface area contributed by atoms with Gasteiger partial charge in [0.25, 0.3) is 0 Å². The van der Waals surface area contributed by atoms with Crippen molar-refractivity contribution < 1.29 is 4.79 Å². The van der Waals surface area contributed by atoms with Gasteiger partial charge in [0.05, 0.1) is 5.02 Å². The zero-order valence-electron chi connectivity index (χ0n) is 7.46. The molecule has 14 heavy (non-hydrogen) atoms. The van der Waals surface area contributed by atoms with Gasteiger partial charge in [0, 0.05) is 22.2 Å². The Morgan fingerprint density at radius 3 is 2.79 bits per heavy atom. The molecule has 1 saturated heterocycles. The molecular formula is C10H9ClINO. The molecule has 1 aliphatic heterocycles. The van der Waals surface area contributed by atoms with E-state index in [1.807, 2.05) is 18.2 Å². The van der Waals surface area contributed by atoms with Crippen molar-refractivity contribution in [2.75, 3.05) is 11.4 Å². The summed E-state index contributed by atoms with van der Waals surface area (Å²) in [5, 5.41) is 0.711. The maximum atomic E-state index is 11.5. The number of rotatable bonds is 1. The van der Waals surface area contributed by atoms with E-state index in [-0.39, 0.29) is 5.91 Å². The maximum absolute atomic E-state index is 11.5. The van der Waals surface area contributed by atoms with Crippen LogP contribution in [0.2, 0.25) is 5.02 Å². The highest BCUT2D eigenvalue weighted by Gasteiger charge is 2.21. The number of carbonyl (C=O) groups excluding carboxylic acids is 1. The Hall–Kier alpha value is -0.290. The lowest BCUT2D eigenvalue weighted by atomic mass is 10.3. The third kappa shape index (κ3) is 1.88. The van der Waals surface area contributed by atoms with E-state index < -0.39 is 0 Å². The second-order valence-corrected chi connectivity index (χ2v) is 4.82. The van der Waals surface area contributed by atoms with Crippen molar-refractivity contribution in [3.05, 3.63) is 26.8 Å². The first-order valence-electron chi connectivity index (χ1n) is 4.44. The fraction of sp³-hybridized carbons (Fsp3) is 0.300. The molecule has 2 rings (SSSR count). The van der Waals surface area contributed by atoms with Gasteiger partial charge in [0.15, 0.2) is 0 Å². The number of benzene rings is 1. The van der Waals surface area contributed by atoms with Gasteiger partial charge < -0.3 is 4.90 Å². The Morgan fingerprint density at radius 2 is 2.21 bits per heavy atom. The van der Waals surface area contributed by atoms with E-state index in [9.17, 15) is 4.79 Å². The first kappa shape index (κ1) is 10.2. The number of amides is 1. The molecule has 1 fully saturated rings. The van der Waals surface area contributed by atoms with Crippen LogP contribution < -0.4 is 4.90 Å². The van der Waals surface area contributed by atoms with Gasteiger partial charge in [-0.15, -0.1) is 0 Å². The lowest BCUT2D eigenvalue weighted by Gasteiger charge is -2.15. The van der Waals surface area contributed by atoms with E-state index in [0.29, 0.717) is 11.4 Å². The van der Waals surface area contributed by atoms with E-state index in [4.69, 9.17) is 11.6 Å². The van der Waals surface area contributed by atoms with E-state index in [2.05, 4.69) is 22.6 Å². The summed E-state index contributed by atoms with van der Waals surface area (Å²) in [7, 11) is 0. The molecule has 4 heteroatoms. The minimum atomic E-state index is 0.197. The summed E-state index contributed by atoms with van der Waals surface area (Å²) >= 11 is 8.17. The molecule has 1 aromatic rings. The maximum Gasteiger partial charge on any atom is 0.227 e. The van der Waals surface area contributed by atoms with E-state index in [1.165, 1.54) is 0 Å². The van der Waals surface area contributed by atoms with Crippen LogP contribution in [0.15, 0.2) is 18.2 Å². The van der Waals surface area contributed by atoms with Crippen LogP contribution in [0, 0.1) is 3.57 Å². The Morgan fingerprint density at radius 1 is 1.43 bits per heavy atom. The minimum Gasteiger partial charge on any atom is -0.312 e. The topological polar surface area (TPSA) is 20.3 Å². The van der Waals surface area contributed by atoms with Crippen molar-refractivity contribution in [3.63, 3.8) is 0 Å². The molecule has 0 aliphatic carbocycles. The Balaban J connectivity index is 2.32.